The second kappa shape index (κ2) is 47.1. The molecule has 0 spiro atoms. The number of rotatable bonds is 24. The number of nitrogens with zero attached hydrogens (tertiary/aromatic N) is 28. The zero-order valence-corrected chi connectivity index (χ0v) is 87.1. The van der Waals surface area contributed by atoms with Crippen LogP contribution in [0.2, 0.25) is 0 Å². The van der Waals surface area contributed by atoms with Crippen LogP contribution in [0, 0.1) is 6.92 Å². The van der Waals surface area contributed by atoms with Crippen LogP contribution in [0.4, 0.5) is 103 Å². The highest BCUT2D eigenvalue weighted by molar-refractivity contribution is 7.98. The van der Waals surface area contributed by atoms with Gasteiger partial charge in [0.2, 0.25) is 0 Å². The van der Waals surface area contributed by atoms with E-state index >= 15 is 0 Å². The first-order valence-corrected chi connectivity index (χ1v) is 47.6. The first kappa shape index (κ1) is 106. The number of nitrogen functional groups attached to an aromatic ring is 8. The second-order valence-corrected chi connectivity index (χ2v) is 37.0. The standard InChI is InChI=1S/C15H24N6.C14H22N6.C14H23N5.C12H18N4O.C11H16N4O2.C11H16N4O.C10H14N4O.C10H14N4S/c1-18(2)11-6-8-21-13(9-11)14(16)15(17-21)20-7-5-12(10-20)19(3)4;1-17(2)11-4-5-20-12(10-11)13(15)14(16-20)19-8-6-18(3)7-9-19;1-5-11-7-6-10(2)19-13(11)12(15)14(17-19)16-8-9-18(3)4;1-8(2)17-12-11(13)10-7-9(15(3)4)5-6-16(10)14-12;1-14(2)8-3-4-15-9(7-8)10(12)11(13-15)17-6-5-16;1-4-16-11-10(12)9-7-8(14(2)3)5-6-15(9)13-11;2*1-13(2)7-4-5-14-8(6-7)9(11)10(12-14)15-3/h6,8-9,12H,5,7,10,16H2,1-4H3;4-5,10H,6-9,15H2,1-3H3;6-7H,5,8-9,15H2,1-4H3,(H,16,17);5-8H,13H2,1-4H3;3-4,7,16H,5-6,12H2,1-2H3;5-7H,4,12H2,1-3H3;2*4-6H,11H2,1-3H3. The number of thioether (sulfide) groups is 1. The van der Waals surface area contributed by atoms with E-state index in [0.717, 1.165) is 200 Å². The van der Waals surface area contributed by atoms with E-state index in [9.17, 15) is 0 Å². The molecule has 18 heterocycles. The Morgan fingerprint density at radius 3 is 1.16 bits per heavy atom. The van der Waals surface area contributed by atoms with Crippen molar-refractivity contribution in [2.75, 3.05) is 315 Å². The zero-order chi connectivity index (χ0) is 102. The van der Waals surface area contributed by atoms with Crippen LogP contribution in [0.1, 0.15) is 45.4 Å². The fourth-order valence-corrected chi connectivity index (χ4v) is 15.8. The molecule has 140 heavy (non-hydrogen) atoms. The van der Waals surface area contributed by atoms with Gasteiger partial charge in [0.1, 0.15) is 51.4 Å². The van der Waals surface area contributed by atoms with Crippen LogP contribution in [0.5, 0.6) is 23.5 Å². The molecule has 2 aliphatic rings. The molecule has 756 valence electrons. The van der Waals surface area contributed by atoms with Crippen molar-refractivity contribution in [1.29, 1.82) is 0 Å². The highest BCUT2D eigenvalue weighted by Gasteiger charge is 2.29. The van der Waals surface area contributed by atoms with Crippen LogP contribution in [0.3, 0.4) is 0 Å². The SMILES string of the molecule is CC(C)Oc1nn2ccc(N(C)C)cc2c1N.CCOc1nn2ccc(N(C)C)cc2c1N.CCc1ccc(C)n2nc(NCCN(C)C)c(N)c12.CN(C)c1ccn2nc(N3CCC(N(C)C)C3)c(N)c2c1.CN(C)c1ccn2nc(OCCO)c(N)c2c1.CN1CCN(c2nn3ccc(N(C)C)cc3c2N)CC1.COc1nn2ccc(N(C)C)cc2c1N.CSc1nn2ccc(N(C)C)cc2c1N. The van der Waals surface area contributed by atoms with E-state index in [-0.39, 0.29) is 19.3 Å². The van der Waals surface area contributed by atoms with Crippen molar-refractivity contribution in [3.63, 3.8) is 0 Å². The molecular formula is C97H147N37O5S. The summed E-state index contributed by atoms with van der Waals surface area (Å²) >= 11 is 1.56. The fourth-order valence-electron chi connectivity index (χ4n) is 15.3. The number of nitrogens with two attached hydrogens (primary N) is 8. The molecule has 2 saturated heterocycles. The molecule has 0 aromatic carbocycles. The van der Waals surface area contributed by atoms with Gasteiger partial charge >= 0.3 is 0 Å². The van der Waals surface area contributed by atoms with Crippen LogP contribution in [-0.2, 0) is 6.42 Å². The monoisotopic (exact) mass is 1940 g/mol. The lowest BCUT2D eigenvalue weighted by Crippen LogP contribution is -2.44. The maximum absolute atomic E-state index is 8.70. The predicted octanol–water partition coefficient (Wildman–Crippen LogP) is 9.82. The van der Waals surface area contributed by atoms with Gasteiger partial charge in [-0.15, -0.1) is 47.5 Å². The Kier molecular flexibility index (Phi) is 35.6. The number of aryl methyl sites for hydroxylation is 2. The Labute approximate surface area is 824 Å². The van der Waals surface area contributed by atoms with Crippen molar-refractivity contribution < 1.29 is 24.1 Å². The quantitative estimate of drug-likeness (QED) is 0.0251. The molecule has 18 N–H and O–H groups in total. The number of pyridine rings is 8. The number of aromatic nitrogens is 16. The normalized spacial score (nSPS) is 13.0. The van der Waals surface area contributed by atoms with Crippen LogP contribution in [0.15, 0.2) is 145 Å². The number of aliphatic hydroxyl groups is 1. The summed E-state index contributed by atoms with van der Waals surface area (Å²) < 4.78 is 35.6. The van der Waals surface area contributed by atoms with Crippen LogP contribution in [-0.4, -0.2) is 328 Å². The van der Waals surface area contributed by atoms with Gasteiger partial charge in [-0.2, -0.15) is 5.10 Å². The average Bonchev–Trinajstić information content (AvgIpc) is 1.63. The molecule has 1 atom stereocenters. The minimum atomic E-state index is -0.0593. The predicted molar refractivity (Wildman–Crippen MR) is 580 cm³/mol. The van der Waals surface area contributed by atoms with Crippen LogP contribution < -0.4 is 114 Å². The lowest BCUT2D eigenvalue weighted by molar-refractivity contribution is 0.197. The molecule has 0 bridgehead atoms. The largest absolute Gasteiger partial charge is 0.478 e. The summed E-state index contributed by atoms with van der Waals surface area (Å²) in [5.41, 5.74) is 71.4. The number of aliphatic hydroxyl groups excluding tert-OH is 1. The van der Waals surface area contributed by atoms with Gasteiger partial charge in [-0.25, -0.2) is 36.1 Å². The molecule has 18 rings (SSSR count). The number of anilines is 18. The molecular weight excluding hydrogens is 1800 g/mol. The third-order valence-corrected chi connectivity index (χ3v) is 24.4. The lowest BCUT2D eigenvalue weighted by Gasteiger charge is -2.32. The van der Waals surface area contributed by atoms with E-state index in [2.05, 4.69) is 139 Å². The van der Waals surface area contributed by atoms with Crippen molar-refractivity contribution in [3.8, 4) is 23.5 Å². The van der Waals surface area contributed by atoms with Gasteiger partial charge in [0.05, 0.1) is 76.2 Å². The molecule has 16 aromatic rings. The highest BCUT2D eigenvalue weighted by atomic mass is 32.2. The van der Waals surface area contributed by atoms with Crippen molar-refractivity contribution in [1.82, 2.24) is 91.6 Å². The van der Waals surface area contributed by atoms with E-state index in [1.54, 1.807) is 36.9 Å². The average molecular weight is 1940 g/mol. The number of fused-ring (bicyclic) bond motifs is 8. The highest BCUT2D eigenvalue weighted by Crippen LogP contribution is 2.37. The van der Waals surface area contributed by atoms with Crippen molar-refractivity contribution in [3.05, 3.63) is 152 Å². The van der Waals surface area contributed by atoms with Crippen molar-refractivity contribution >= 4 is 159 Å². The fraction of sp³-hybridized carbons (Fsp3) is 0.423. The van der Waals surface area contributed by atoms with Crippen molar-refractivity contribution in [2.45, 2.75) is 64.6 Å². The maximum atomic E-state index is 8.70. The number of piperazine rings is 1. The number of likely N-dealkylation sites (N-methyl/N-ethyl adjacent to an activating group) is 3. The second-order valence-electron chi connectivity index (χ2n) is 36.2. The number of hydrogen-bond donors (Lipinski definition) is 10. The smallest absolute Gasteiger partial charge is 0.257 e. The Hall–Kier alpha value is -14.7. The Morgan fingerprint density at radius 2 is 0.800 bits per heavy atom. The van der Waals surface area contributed by atoms with E-state index in [1.807, 2.05) is 299 Å². The molecule has 1 unspecified atom stereocenters. The van der Waals surface area contributed by atoms with Crippen molar-refractivity contribution in [2.24, 2.45) is 0 Å². The lowest BCUT2D eigenvalue weighted by atomic mass is 10.1. The van der Waals surface area contributed by atoms with Gasteiger partial charge in [0.25, 0.3) is 23.5 Å². The molecule has 0 saturated carbocycles. The Bertz CT molecular complexity index is 6670. The summed E-state index contributed by atoms with van der Waals surface area (Å²) in [5.74, 6) is 4.42. The van der Waals surface area contributed by atoms with Gasteiger partial charge in [-0.3, -0.25) is 0 Å². The summed E-state index contributed by atoms with van der Waals surface area (Å²) in [6.45, 7) is 18.5. The molecule has 0 radical (unpaired) electrons. The molecule has 0 amide bonds. The van der Waals surface area contributed by atoms with E-state index in [0.29, 0.717) is 58.9 Å². The van der Waals surface area contributed by atoms with Crippen LogP contribution in [0.25, 0.3) is 44.1 Å². The molecule has 16 aromatic heterocycles. The van der Waals surface area contributed by atoms with Crippen LogP contribution >= 0.6 is 11.8 Å². The number of ether oxygens (including phenoxy) is 4. The summed E-state index contributed by atoms with van der Waals surface area (Å²) in [5, 5.41) is 48.1. The first-order chi connectivity index (χ1) is 66.6. The summed E-state index contributed by atoms with van der Waals surface area (Å²) in [6.07, 6.45) is 17.5. The molecule has 2 fully saturated rings. The summed E-state index contributed by atoms with van der Waals surface area (Å²) in [6, 6.07) is 32.9. The third kappa shape index (κ3) is 25.1. The number of nitrogens with one attached hydrogen (secondary N) is 1. The molecule has 2 aliphatic heterocycles. The minimum Gasteiger partial charge on any atom is -0.478 e. The number of methoxy groups -OCH3 is 1. The third-order valence-electron chi connectivity index (χ3n) is 23.7. The summed E-state index contributed by atoms with van der Waals surface area (Å²) in [4.78, 5) is 25.5. The van der Waals surface area contributed by atoms with Gasteiger partial charge in [0, 0.05) is 246 Å². The molecule has 0 aliphatic carbocycles. The van der Waals surface area contributed by atoms with E-state index in [1.165, 1.54) is 5.56 Å². The van der Waals surface area contributed by atoms with Gasteiger partial charge < -0.3 is 134 Å². The molecule has 43 heteroatoms. The Balaban J connectivity index is 0.000000153. The summed E-state index contributed by atoms with van der Waals surface area (Å²) in [7, 11) is 40.0. The number of hydrogen-bond acceptors (Lipinski definition) is 35. The topological polar surface area (TPSA) is 455 Å². The van der Waals surface area contributed by atoms with Gasteiger partial charge in [-0.1, -0.05) is 13.0 Å². The first-order valence-electron chi connectivity index (χ1n) is 46.4. The maximum Gasteiger partial charge on any atom is 0.257 e. The van der Waals surface area contributed by atoms with Gasteiger partial charge in [-0.05, 0) is 179 Å². The van der Waals surface area contributed by atoms with E-state index in [4.69, 9.17) is 69.9 Å². The Morgan fingerprint density at radius 1 is 0.436 bits per heavy atom. The van der Waals surface area contributed by atoms with Gasteiger partial charge in [0.15, 0.2) is 17.5 Å². The molecule has 42 nitrogen and oxygen atoms in total. The van der Waals surface area contributed by atoms with E-state index < -0.39 is 0 Å². The zero-order valence-electron chi connectivity index (χ0n) is 86.3. The minimum absolute atomic E-state index is 0.0593.